The highest BCUT2D eigenvalue weighted by Gasteiger charge is 2.47. The number of hydrogen-bond acceptors (Lipinski definition) is 9. The van der Waals surface area contributed by atoms with Crippen molar-refractivity contribution in [3.05, 3.63) is 71.8 Å². The summed E-state index contributed by atoms with van der Waals surface area (Å²) in [6.07, 6.45) is 0.400. The quantitative estimate of drug-likeness (QED) is 0.169. The number of rotatable bonds is 16. The van der Waals surface area contributed by atoms with E-state index < -0.39 is 60.2 Å². The predicted octanol–water partition coefficient (Wildman–Crippen LogP) is 2.65. The van der Waals surface area contributed by atoms with E-state index in [-0.39, 0.29) is 42.7 Å². The van der Waals surface area contributed by atoms with Crippen molar-refractivity contribution in [1.29, 1.82) is 0 Å². The molecule has 316 valence electrons. The van der Waals surface area contributed by atoms with Crippen molar-refractivity contribution in [2.75, 3.05) is 39.3 Å². The number of nitrogens with one attached hydrogen (secondary N) is 5. The number of carbonyl (C=O) groups excluding carboxylic acids is 7. The number of benzene rings is 2. The molecule has 2 fully saturated rings. The maximum absolute atomic E-state index is 13.2. The zero-order chi connectivity index (χ0) is 42.5. The van der Waals surface area contributed by atoms with Gasteiger partial charge in [0, 0.05) is 38.0 Å². The number of ether oxygens (including phenoxy) is 2. The second-order valence-corrected chi connectivity index (χ2v) is 16.6. The van der Waals surface area contributed by atoms with Crippen LogP contribution in [0.4, 0.5) is 9.59 Å². The Morgan fingerprint density at radius 2 is 1.28 bits per heavy atom. The summed E-state index contributed by atoms with van der Waals surface area (Å²) >= 11 is 0. The van der Waals surface area contributed by atoms with Gasteiger partial charge in [0.15, 0.2) is 0 Å². The Morgan fingerprint density at radius 3 is 1.86 bits per heavy atom. The van der Waals surface area contributed by atoms with E-state index in [2.05, 4.69) is 26.6 Å². The van der Waals surface area contributed by atoms with Crippen LogP contribution in [0.2, 0.25) is 0 Å². The molecule has 1 spiro atoms. The molecule has 3 atom stereocenters. The van der Waals surface area contributed by atoms with Crippen LogP contribution >= 0.6 is 0 Å². The highest BCUT2D eigenvalue weighted by Crippen LogP contribution is 2.40. The molecule has 7 amide bonds. The Balaban J connectivity index is 1.19. The van der Waals surface area contributed by atoms with Gasteiger partial charge in [-0.2, -0.15) is 0 Å². The van der Waals surface area contributed by atoms with E-state index in [0.29, 0.717) is 45.4 Å². The summed E-state index contributed by atoms with van der Waals surface area (Å²) in [4.78, 5) is 93.7. The van der Waals surface area contributed by atoms with Crippen LogP contribution in [0.15, 0.2) is 60.7 Å². The van der Waals surface area contributed by atoms with Crippen LogP contribution in [0.3, 0.4) is 0 Å². The van der Waals surface area contributed by atoms with Crippen molar-refractivity contribution in [2.45, 2.75) is 97.6 Å². The molecule has 2 aromatic carbocycles. The molecule has 0 radical (unpaired) electrons. The highest BCUT2D eigenvalue weighted by molar-refractivity contribution is 5.93. The molecule has 16 nitrogen and oxygen atoms in total. The van der Waals surface area contributed by atoms with E-state index in [0.717, 1.165) is 11.1 Å². The topological polar surface area (TPSA) is 205 Å². The summed E-state index contributed by atoms with van der Waals surface area (Å²) in [7, 11) is 0. The fourth-order valence-electron chi connectivity index (χ4n) is 6.88. The average Bonchev–Trinajstić information content (AvgIpc) is 3.16. The lowest BCUT2D eigenvalue weighted by atomic mass is 9.72. The molecule has 2 aliphatic rings. The molecule has 2 aromatic rings. The van der Waals surface area contributed by atoms with Gasteiger partial charge < -0.3 is 45.9 Å². The van der Waals surface area contributed by atoms with Crippen LogP contribution in [0.1, 0.15) is 71.9 Å². The molecule has 0 aliphatic carbocycles. The lowest BCUT2D eigenvalue weighted by molar-refractivity contribution is -0.150. The van der Waals surface area contributed by atoms with E-state index >= 15 is 0 Å². The number of piperidine rings is 1. The first-order valence-corrected chi connectivity index (χ1v) is 19.8. The van der Waals surface area contributed by atoms with Crippen molar-refractivity contribution < 1.29 is 43.0 Å². The third-order valence-electron chi connectivity index (χ3n) is 9.94. The maximum atomic E-state index is 13.2. The Hall–Kier alpha value is -5.67. The van der Waals surface area contributed by atoms with Gasteiger partial charge in [-0.05, 0) is 64.0 Å². The zero-order valence-corrected chi connectivity index (χ0v) is 34.4. The van der Waals surface area contributed by atoms with Crippen LogP contribution in [-0.4, -0.2) is 115 Å². The molecule has 0 aromatic heterocycles. The van der Waals surface area contributed by atoms with E-state index in [1.165, 1.54) is 0 Å². The average molecular weight is 806 g/mol. The minimum atomic E-state index is -1.03. The molecule has 0 bridgehead atoms. The Kier molecular flexibility index (Phi) is 16.0. The molecule has 16 heteroatoms. The SMILES string of the molecule is CC(C)C[C@@H](NC(=O)CNC(=O)[C@@H](Cc1ccccc1)NC(=O)OC(C)(C)C)C(=O)NCC(=O)N1CC2(CCN(C(=O)[C@@H](C)NC(=O)OCc3ccccc3)CC2)C1. The molecular formula is C42H59N7O9. The van der Waals surface area contributed by atoms with E-state index in [4.69, 9.17) is 9.47 Å². The largest absolute Gasteiger partial charge is 0.445 e. The van der Waals surface area contributed by atoms with Gasteiger partial charge in [0.1, 0.15) is 30.3 Å². The number of amides is 7. The summed E-state index contributed by atoms with van der Waals surface area (Å²) in [6.45, 7) is 11.9. The van der Waals surface area contributed by atoms with Crippen LogP contribution in [0.25, 0.3) is 0 Å². The second-order valence-electron chi connectivity index (χ2n) is 16.6. The van der Waals surface area contributed by atoms with Gasteiger partial charge >= 0.3 is 12.2 Å². The fourth-order valence-corrected chi connectivity index (χ4v) is 6.88. The van der Waals surface area contributed by atoms with E-state index in [1.807, 2.05) is 74.5 Å². The maximum Gasteiger partial charge on any atom is 0.408 e. The third kappa shape index (κ3) is 14.4. The number of likely N-dealkylation sites (tertiary alicyclic amines) is 2. The molecule has 4 rings (SSSR count). The first kappa shape index (κ1) is 45.0. The number of nitrogens with zero attached hydrogens (tertiary/aromatic N) is 2. The number of hydrogen-bond donors (Lipinski definition) is 5. The standard InChI is InChI=1S/C42H59N7O9/c1-28(2)21-32(46-34(50)23-43-37(53)33(22-30-13-9-7-10-14-30)47-40(56)58-41(4,5)6)36(52)44-24-35(51)49-26-42(27-49)17-19-48(20-18-42)38(54)29(3)45-39(55)57-25-31-15-11-8-12-16-31/h7-16,28-29,32-33H,17-27H2,1-6H3,(H,43,53)(H,44,52)(H,45,55)(H,46,50)(H,47,56)/t29-,32-,33-/m1/s1. The van der Waals surface area contributed by atoms with Gasteiger partial charge in [-0.3, -0.25) is 24.0 Å². The molecule has 2 heterocycles. The van der Waals surface area contributed by atoms with Gasteiger partial charge in [-0.15, -0.1) is 0 Å². The van der Waals surface area contributed by atoms with Crippen LogP contribution < -0.4 is 26.6 Å². The minimum Gasteiger partial charge on any atom is -0.445 e. The fraction of sp³-hybridized carbons (Fsp3) is 0.548. The Morgan fingerprint density at radius 1 is 0.707 bits per heavy atom. The molecule has 0 saturated carbocycles. The van der Waals surface area contributed by atoms with Crippen molar-refractivity contribution >= 4 is 41.7 Å². The molecule has 58 heavy (non-hydrogen) atoms. The van der Waals surface area contributed by atoms with Crippen LogP contribution in [-0.2, 0) is 46.5 Å². The first-order chi connectivity index (χ1) is 27.4. The molecule has 2 saturated heterocycles. The van der Waals surface area contributed by atoms with Crippen molar-refractivity contribution in [1.82, 2.24) is 36.4 Å². The smallest absolute Gasteiger partial charge is 0.408 e. The summed E-state index contributed by atoms with van der Waals surface area (Å²) < 4.78 is 10.6. The van der Waals surface area contributed by atoms with Gasteiger partial charge in [0.2, 0.25) is 29.5 Å². The van der Waals surface area contributed by atoms with Gasteiger partial charge in [0.05, 0.1) is 13.1 Å². The third-order valence-corrected chi connectivity index (χ3v) is 9.94. The molecule has 5 N–H and O–H groups in total. The Labute approximate surface area is 340 Å². The summed E-state index contributed by atoms with van der Waals surface area (Å²) in [5, 5.41) is 13.1. The molecular weight excluding hydrogens is 747 g/mol. The minimum absolute atomic E-state index is 0.0230. The first-order valence-electron chi connectivity index (χ1n) is 19.8. The summed E-state index contributed by atoms with van der Waals surface area (Å²) in [5.74, 6) is -2.17. The van der Waals surface area contributed by atoms with Gasteiger partial charge in [-0.1, -0.05) is 74.5 Å². The van der Waals surface area contributed by atoms with Crippen molar-refractivity contribution in [3.8, 4) is 0 Å². The normalized spacial score (nSPS) is 16.2. The predicted molar refractivity (Wildman–Crippen MR) is 215 cm³/mol. The van der Waals surface area contributed by atoms with E-state index in [9.17, 15) is 33.6 Å². The number of alkyl carbamates (subject to hydrolysis) is 2. The highest BCUT2D eigenvalue weighted by atomic mass is 16.6. The second kappa shape index (κ2) is 20.7. The van der Waals surface area contributed by atoms with Crippen molar-refractivity contribution in [3.63, 3.8) is 0 Å². The molecule has 0 unspecified atom stereocenters. The van der Waals surface area contributed by atoms with Crippen LogP contribution in [0.5, 0.6) is 0 Å². The lowest BCUT2D eigenvalue weighted by Gasteiger charge is -2.54. The Bertz CT molecular complexity index is 1730. The van der Waals surface area contributed by atoms with Gasteiger partial charge in [-0.25, -0.2) is 9.59 Å². The van der Waals surface area contributed by atoms with E-state index in [1.54, 1.807) is 37.5 Å². The van der Waals surface area contributed by atoms with Gasteiger partial charge in [0.25, 0.3) is 0 Å². The monoisotopic (exact) mass is 805 g/mol. The molecule has 2 aliphatic heterocycles. The summed E-state index contributed by atoms with van der Waals surface area (Å²) in [5.41, 5.74) is 0.725. The van der Waals surface area contributed by atoms with Crippen molar-refractivity contribution in [2.24, 2.45) is 11.3 Å². The zero-order valence-electron chi connectivity index (χ0n) is 34.4. The van der Waals surface area contributed by atoms with Crippen LogP contribution in [0, 0.1) is 11.3 Å². The summed E-state index contributed by atoms with van der Waals surface area (Å²) in [6, 6.07) is 15.6. The number of carbonyl (C=O) groups is 7. The lowest BCUT2D eigenvalue weighted by Crippen LogP contribution is -2.64.